The number of carbonyl (C=O) groups is 1. The van der Waals surface area contributed by atoms with E-state index in [1.54, 1.807) is 0 Å². The van der Waals surface area contributed by atoms with Crippen molar-refractivity contribution in [1.82, 2.24) is 5.32 Å². The summed E-state index contributed by atoms with van der Waals surface area (Å²) in [6.07, 6.45) is -0.721. The molecule has 1 atom stereocenters. The number of nitrogens with one attached hydrogen (secondary N) is 1. The molecule has 1 fully saturated rings. The number of alkyl carbamates (subject to hydrolysis) is 1. The third-order valence-electron chi connectivity index (χ3n) is 1.42. The minimum atomic E-state index is -4.58. The summed E-state index contributed by atoms with van der Waals surface area (Å²) in [7, 11) is -4.58. The molecule has 1 unspecified atom stereocenters. The van der Waals surface area contributed by atoms with Gasteiger partial charge in [0.15, 0.2) is 0 Å². The Kier molecular flexibility index (Phi) is 1.99. The highest BCUT2D eigenvalue weighted by Crippen LogP contribution is 2.15. The van der Waals surface area contributed by atoms with Crippen molar-refractivity contribution in [2.75, 3.05) is 12.4 Å². The molecule has 0 aromatic heterocycles. The minimum Gasteiger partial charge on any atom is -0.447 e. The van der Waals surface area contributed by atoms with E-state index in [1.165, 1.54) is 6.92 Å². The Hall–Kier alpha value is -0.850. The van der Waals surface area contributed by atoms with E-state index in [0.29, 0.717) is 0 Å². The average molecular weight is 197 g/mol. The van der Waals surface area contributed by atoms with Gasteiger partial charge in [0.2, 0.25) is 0 Å². The monoisotopic (exact) mass is 197 g/mol. The minimum absolute atomic E-state index is 0.130. The van der Waals surface area contributed by atoms with Crippen LogP contribution in [0.1, 0.15) is 6.92 Å². The molecule has 1 N–H and O–H groups in total. The van der Waals surface area contributed by atoms with Crippen LogP contribution in [0.4, 0.5) is 8.68 Å². The lowest BCUT2D eigenvalue weighted by Crippen LogP contribution is -2.45. The third-order valence-corrected chi connectivity index (χ3v) is 2.40. The van der Waals surface area contributed by atoms with E-state index in [0.717, 1.165) is 0 Å². The van der Waals surface area contributed by atoms with Crippen molar-refractivity contribution in [2.45, 2.75) is 12.5 Å². The smallest absolute Gasteiger partial charge is 0.407 e. The van der Waals surface area contributed by atoms with Crippen LogP contribution < -0.4 is 5.32 Å². The van der Waals surface area contributed by atoms with Crippen LogP contribution in [0.3, 0.4) is 0 Å². The molecule has 0 aromatic rings. The number of hydrogen-bond donors (Lipinski definition) is 1. The van der Waals surface area contributed by atoms with Gasteiger partial charge in [-0.25, -0.2) is 4.79 Å². The second-order valence-electron chi connectivity index (χ2n) is 2.94. The van der Waals surface area contributed by atoms with Gasteiger partial charge in [-0.05, 0) is 6.92 Å². The molecule has 5 nitrogen and oxygen atoms in total. The average Bonchev–Trinajstić information content (AvgIpc) is 2.05. The molecule has 1 heterocycles. The first-order valence-electron chi connectivity index (χ1n) is 3.18. The predicted molar refractivity (Wildman–Crippen MR) is 37.8 cm³/mol. The number of amides is 1. The molecule has 0 saturated carbocycles. The zero-order valence-electron chi connectivity index (χ0n) is 6.33. The van der Waals surface area contributed by atoms with E-state index in [9.17, 15) is 17.1 Å². The zero-order valence-corrected chi connectivity index (χ0v) is 7.15. The number of rotatable bonds is 2. The number of carbonyl (C=O) groups excluding carboxylic acids is 1. The lowest BCUT2D eigenvalue weighted by atomic mass is 10.1. The number of halogens is 1. The van der Waals surface area contributed by atoms with Crippen LogP contribution in [-0.2, 0) is 15.0 Å². The summed E-state index contributed by atoms with van der Waals surface area (Å²) in [6, 6.07) is 0. The van der Waals surface area contributed by atoms with Crippen LogP contribution in [0.2, 0.25) is 0 Å². The fourth-order valence-electron chi connectivity index (χ4n) is 1.00. The van der Waals surface area contributed by atoms with Crippen molar-refractivity contribution in [2.24, 2.45) is 0 Å². The Morgan fingerprint density at radius 3 is 2.67 bits per heavy atom. The maximum atomic E-state index is 12.2. The maximum absolute atomic E-state index is 12.2. The molecule has 1 rings (SSSR count). The van der Waals surface area contributed by atoms with Gasteiger partial charge in [-0.3, -0.25) is 0 Å². The molecule has 1 amide bonds. The first-order valence-corrected chi connectivity index (χ1v) is 4.73. The number of hydrogen-bond acceptors (Lipinski definition) is 4. The van der Waals surface area contributed by atoms with Gasteiger partial charge in [-0.2, -0.15) is 8.42 Å². The Morgan fingerprint density at radius 1 is 1.75 bits per heavy atom. The van der Waals surface area contributed by atoms with E-state index >= 15 is 0 Å². The van der Waals surface area contributed by atoms with Crippen LogP contribution in [-0.4, -0.2) is 32.4 Å². The molecular formula is C5H8FNO4S. The molecule has 1 aliphatic rings. The normalized spacial score (nSPS) is 29.7. The van der Waals surface area contributed by atoms with E-state index in [2.05, 4.69) is 10.1 Å². The second kappa shape index (κ2) is 2.58. The van der Waals surface area contributed by atoms with Crippen molar-refractivity contribution >= 4 is 16.3 Å². The van der Waals surface area contributed by atoms with Crippen LogP contribution >= 0.6 is 0 Å². The van der Waals surface area contributed by atoms with Gasteiger partial charge in [0.25, 0.3) is 0 Å². The van der Waals surface area contributed by atoms with E-state index < -0.39 is 27.6 Å². The maximum Gasteiger partial charge on any atom is 0.407 e. The molecule has 0 aromatic carbocycles. The Bertz CT molecular complexity index is 301. The number of ether oxygens (including phenoxy) is 1. The molecule has 7 heteroatoms. The quantitative estimate of drug-likeness (QED) is 0.621. The summed E-state index contributed by atoms with van der Waals surface area (Å²) in [5.74, 6) is -0.758. The van der Waals surface area contributed by atoms with Crippen molar-refractivity contribution in [3.8, 4) is 0 Å². The van der Waals surface area contributed by atoms with Crippen LogP contribution in [0, 0.1) is 0 Å². The second-order valence-corrected chi connectivity index (χ2v) is 4.31. The highest BCUT2D eigenvalue weighted by atomic mass is 32.3. The topological polar surface area (TPSA) is 72.5 Å². The fourth-order valence-corrected chi connectivity index (χ4v) is 1.92. The molecule has 1 aliphatic heterocycles. The van der Waals surface area contributed by atoms with Crippen molar-refractivity contribution in [1.29, 1.82) is 0 Å². The van der Waals surface area contributed by atoms with Crippen molar-refractivity contribution in [3.05, 3.63) is 0 Å². The summed E-state index contributed by atoms with van der Waals surface area (Å²) in [4.78, 5) is 10.5. The molecule has 70 valence electrons. The predicted octanol–water partition coefficient (Wildman–Crippen LogP) is -0.216. The van der Waals surface area contributed by atoms with Crippen LogP contribution in [0.15, 0.2) is 0 Å². The van der Waals surface area contributed by atoms with Crippen LogP contribution in [0.25, 0.3) is 0 Å². The molecule has 1 saturated heterocycles. The Morgan fingerprint density at radius 2 is 2.33 bits per heavy atom. The first kappa shape index (κ1) is 9.24. The molecular weight excluding hydrogens is 189 g/mol. The fraction of sp³-hybridized carbons (Fsp3) is 0.800. The summed E-state index contributed by atoms with van der Waals surface area (Å²) in [6.45, 7) is 1.27. The van der Waals surface area contributed by atoms with Gasteiger partial charge in [-0.1, -0.05) is 0 Å². The molecule has 0 spiro atoms. The summed E-state index contributed by atoms with van der Waals surface area (Å²) in [5, 5.41) is 2.21. The van der Waals surface area contributed by atoms with E-state index in [-0.39, 0.29) is 6.61 Å². The summed E-state index contributed by atoms with van der Waals surface area (Å²) >= 11 is 0. The third kappa shape index (κ3) is 2.33. The molecule has 0 radical (unpaired) electrons. The van der Waals surface area contributed by atoms with Gasteiger partial charge in [-0.15, -0.1) is 3.89 Å². The Balaban J connectivity index is 2.69. The van der Waals surface area contributed by atoms with Crippen molar-refractivity contribution < 1.29 is 21.8 Å². The summed E-state index contributed by atoms with van der Waals surface area (Å²) in [5.41, 5.74) is -1.13. The lowest BCUT2D eigenvalue weighted by molar-refractivity contribution is 0.174. The van der Waals surface area contributed by atoms with Gasteiger partial charge >= 0.3 is 16.3 Å². The van der Waals surface area contributed by atoms with Gasteiger partial charge in [0, 0.05) is 0 Å². The highest BCUT2D eigenvalue weighted by molar-refractivity contribution is 7.86. The van der Waals surface area contributed by atoms with E-state index in [4.69, 9.17) is 0 Å². The standard InChI is InChI=1S/C5H8FNO4S/c1-5(3-12(6,9)10)2-11-4(8)7-5/h2-3H2,1H3,(H,7,8). The molecule has 0 aliphatic carbocycles. The van der Waals surface area contributed by atoms with Crippen LogP contribution in [0.5, 0.6) is 0 Å². The lowest BCUT2D eigenvalue weighted by Gasteiger charge is -2.17. The SMILES string of the molecule is CC1(CS(=O)(=O)F)COC(=O)N1. The Labute approximate surface area is 69.1 Å². The zero-order chi connectivity index (χ0) is 9.41. The number of cyclic esters (lactones) is 1. The van der Waals surface area contributed by atoms with E-state index in [1.807, 2.05) is 0 Å². The van der Waals surface area contributed by atoms with Crippen molar-refractivity contribution in [3.63, 3.8) is 0 Å². The molecule has 0 bridgehead atoms. The van der Waals surface area contributed by atoms with Gasteiger partial charge in [0.1, 0.15) is 12.4 Å². The molecule has 12 heavy (non-hydrogen) atoms. The largest absolute Gasteiger partial charge is 0.447 e. The van der Waals surface area contributed by atoms with Gasteiger partial charge in [0.05, 0.1) is 5.54 Å². The first-order chi connectivity index (χ1) is 5.31. The summed E-state index contributed by atoms with van der Waals surface area (Å²) < 4.78 is 37.1. The highest BCUT2D eigenvalue weighted by Gasteiger charge is 2.39. The van der Waals surface area contributed by atoms with Gasteiger partial charge < -0.3 is 10.1 Å².